The summed E-state index contributed by atoms with van der Waals surface area (Å²) in [6.07, 6.45) is 0. The number of rotatable bonds is 1. The van der Waals surface area contributed by atoms with Gasteiger partial charge in [-0.15, -0.1) is 0 Å². The van der Waals surface area contributed by atoms with Crippen LogP contribution in [-0.4, -0.2) is 16.6 Å². The third-order valence-corrected chi connectivity index (χ3v) is 1.21. The van der Waals surface area contributed by atoms with E-state index >= 15 is 0 Å². The molecule has 0 aliphatic rings. The number of nitrogens with one attached hydrogen (secondary N) is 1. The predicted octanol–water partition coefficient (Wildman–Crippen LogP) is 1.35. The SMILES string of the molecule is CC(C)(C)NC(=O)c1cc([O])on1. The third kappa shape index (κ3) is 2.77. The van der Waals surface area contributed by atoms with E-state index in [1.54, 1.807) is 0 Å². The van der Waals surface area contributed by atoms with Gasteiger partial charge in [-0.05, 0) is 20.8 Å². The molecule has 1 rings (SSSR count). The lowest BCUT2D eigenvalue weighted by Gasteiger charge is -2.19. The zero-order chi connectivity index (χ0) is 10.1. The second-order valence-electron chi connectivity index (χ2n) is 3.74. The number of nitrogens with zero attached hydrogens (tertiary/aromatic N) is 1. The fraction of sp³-hybridized carbons (Fsp3) is 0.500. The number of amides is 1. The van der Waals surface area contributed by atoms with E-state index in [4.69, 9.17) is 0 Å². The van der Waals surface area contributed by atoms with Crippen molar-refractivity contribution in [2.75, 3.05) is 0 Å². The van der Waals surface area contributed by atoms with E-state index < -0.39 is 11.9 Å². The van der Waals surface area contributed by atoms with Crippen LogP contribution in [0.5, 0.6) is 5.95 Å². The molecule has 1 radical (unpaired) electrons. The Labute approximate surface area is 75.7 Å². The molecule has 0 spiro atoms. The number of carbonyl (C=O) groups excluding carboxylic acids is 1. The summed E-state index contributed by atoms with van der Waals surface area (Å²) in [5.41, 5.74) is -0.334. The Morgan fingerprint density at radius 2 is 2.15 bits per heavy atom. The van der Waals surface area contributed by atoms with Crippen LogP contribution in [0.15, 0.2) is 10.6 Å². The van der Waals surface area contributed by atoms with E-state index in [0.717, 1.165) is 6.07 Å². The number of carbonyl (C=O) groups is 1. The first kappa shape index (κ1) is 9.57. The largest absolute Gasteiger partial charge is 0.361 e. The standard InChI is InChI=1S/C8H11N2O3/c1-8(2,3)9-7(12)5-4-6(11)13-10-5/h4H,1-3H3,(H,9,12). The Bertz CT molecular complexity index is 311. The number of hydrogen-bond donors (Lipinski definition) is 1. The van der Waals surface area contributed by atoms with E-state index in [1.807, 2.05) is 20.8 Å². The molecule has 0 saturated heterocycles. The van der Waals surface area contributed by atoms with Crippen molar-refractivity contribution in [1.29, 1.82) is 0 Å². The smallest absolute Gasteiger partial charge is 0.346 e. The van der Waals surface area contributed by atoms with Crippen molar-refractivity contribution in [1.82, 2.24) is 10.5 Å². The van der Waals surface area contributed by atoms with Crippen LogP contribution in [0.1, 0.15) is 31.3 Å². The van der Waals surface area contributed by atoms with Gasteiger partial charge in [0.25, 0.3) is 5.91 Å². The average Bonchev–Trinajstić information content (AvgIpc) is 2.31. The van der Waals surface area contributed by atoms with E-state index in [0.29, 0.717) is 0 Å². The molecule has 0 unspecified atom stereocenters. The summed E-state index contributed by atoms with van der Waals surface area (Å²) in [5.74, 6) is -1.02. The molecule has 1 amide bonds. The van der Waals surface area contributed by atoms with Gasteiger partial charge in [-0.3, -0.25) is 4.79 Å². The molecule has 0 bridgehead atoms. The first-order valence-corrected chi connectivity index (χ1v) is 3.85. The molecule has 1 N–H and O–H groups in total. The van der Waals surface area contributed by atoms with E-state index in [1.165, 1.54) is 0 Å². The van der Waals surface area contributed by atoms with Crippen LogP contribution in [0.4, 0.5) is 0 Å². The van der Waals surface area contributed by atoms with Crippen molar-refractivity contribution < 1.29 is 14.4 Å². The molecule has 0 aliphatic heterocycles. The maximum Gasteiger partial charge on any atom is 0.361 e. The van der Waals surface area contributed by atoms with Crippen LogP contribution in [0.3, 0.4) is 0 Å². The zero-order valence-corrected chi connectivity index (χ0v) is 7.75. The van der Waals surface area contributed by atoms with Gasteiger partial charge in [-0.25, -0.2) is 5.11 Å². The first-order valence-electron chi connectivity index (χ1n) is 3.85. The topological polar surface area (TPSA) is 75.0 Å². The maximum atomic E-state index is 11.3. The Morgan fingerprint density at radius 3 is 2.54 bits per heavy atom. The maximum absolute atomic E-state index is 11.3. The van der Waals surface area contributed by atoms with Crippen molar-refractivity contribution in [2.24, 2.45) is 0 Å². The molecule has 0 aromatic carbocycles. The summed E-state index contributed by atoms with van der Waals surface area (Å²) < 4.78 is 4.23. The van der Waals surface area contributed by atoms with E-state index in [9.17, 15) is 9.90 Å². The summed E-state index contributed by atoms with van der Waals surface area (Å²) in [6, 6.07) is 1.06. The highest BCUT2D eigenvalue weighted by Gasteiger charge is 2.18. The Hall–Kier alpha value is -1.52. The van der Waals surface area contributed by atoms with Gasteiger partial charge >= 0.3 is 5.95 Å². The first-order chi connectivity index (χ1) is 5.88. The highest BCUT2D eigenvalue weighted by Crippen LogP contribution is 2.11. The van der Waals surface area contributed by atoms with Gasteiger partial charge in [0.05, 0.1) is 6.07 Å². The van der Waals surface area contributed by atoms with Crippen molar-refractivity contribution in [2.45, 2.75) is 26.3 Å². The number of hydrogen-bond acceptors (Lipinski definition) is 3. The lowest BCUT2D eigenvalue weighted by Crippen LogP contribution is -2.40. The lowest BCUT2D eigenvalue weighted by molar-refractivity contribution is 0.0910. The Morgan fingerprint density at radius 1 is 1.54 bits per heavy atom. The van der Waals surface area contributed by atoms with Crippen LogP contribution < -0.4 is 5.32 Å². The molecule has 0 saturated carbocycles. The normalized spacial score (nSPS) is 11.3. The van der Waals surface area contributed by atoms with Gasteiger partial charge in [0.15, 0.2) is 5.69 Å². The third-order valence-electron chi connectivity index (χ3n) is 1.21. The second-order valence-corrected chi connectivity index (χ2v) is 3.74. The zero-order valence-electron chi connectivity index (χ0n) is 7.75. The van der Waals surface area contributed by atoms with Crippen LogP contribution in [0.25, 0.3) is 0 Å². The minimum Gasteiger partial charge on any atom is -0.346 e. The van der Waals surface area contributed by atoms with Crippen molar-refractivity contribution in [3.63, 3.8) is 0 Å². The fourth-order valence-corrected chi connectivity index (χ4v) is 0.770. The summed E-state index contributed by atoms with van der Waals surface area (Å²) in [4.78, 5) is 11.3. The van der Waals surface area contributed by atoms with E-state index in [2.05, 4.69) is 15.0 Å². The minimum atomic E-state index is -0.612. The molecule has 71 valence electrons. The molecular weight excluding hydrogens is 172 g/mol. The Kier molecular flexibility index (Phi) is 2.27. The summed E-state index contributed by atoms with van der Waals surface area (Å²) in [6.45, 7) is 5.51. The predicted molar refractivity (Wildman–Crippen MR) is 43.9 cm³/mol. The van der Waals surface area contributed by atoms with Crippen LogP contribution in [0, 0.1) is 0 Å². The van der Waals surface area contributed by atoms with Gasteiger partial charge in [-0.1, -0.05) is 5.16 Å². The molecule has 5 heteroatoms. The molecule has 1 heterocycles. The highest BCUT2D eigenvalue weighted by molar-refractivity contribution is 5.92. The van der Waals surface area contributed by atoms with Gasteiger partial charge in [0, 0.05) is 5.54 Å². The van der Waals surface area contributed by atoms with Gasteiger partial charge < -0.3 is 9.84 Å². The van der Waals surface area contributed by atoms with Crippen LogP contribution >= 0.6 is 0 Å². The summed E-state index contributed by atoms with van der Waals surface area (Å²) >= 11 is 0. The summed E-state index contributed by atoms with van der Waals surface area (Å²) in [7, 11) is 0. The monoisotopic (exact) mass is 183 g/mol. The minimum absolute atomic E-state index is 0.0138. The molecule has 0 fully saturated rings. The van der Waals surface area contributed by atoms with Crippen molar-refractivity contribution in [3.05, 3.63) is 11.8 Å². The highest BCUT2D eigenvalue weighted by atomic mass is 16.5. The van der Waals surface area contributed by atoms with Crippen LogP contribution in [0.2, 0.25) is 0 Å². The molecular formula is C8H11N2O3. The Balaban J connectivity index is 2.70. The molecule has 0 atom stereocenters. The second kappa shape index (κ2) is 3.08. The average molecular weight is 183 g/mol. The van der Waals surface area contributed by atoms with E-state index in [-0.39, 0.29) is 11.2 Å². The van der Waals surface area contributed by atoms with Crippen molar-refractivity contribution in [3.8, 4) is 5.95 Å². The van der Waals surface area contributed by atoms with Crippen LogP contribution in [-0.2, 0) is 5.11 Å². The van der Waals surface area contributed by atoms with Gasteiger partial charge in [0.1, 0.15) is 0 Å². The summed E-state index contributed by atoms with van der Waals surface area (Å²) in [5, 5.41) is 16.5. The lowest BCUT2D eigenvalue weighted by atomic mass is 10.1. The van der Waals surface area contributed by atoms with Gasteiger partial charge in [-0.2, -0.15) is 0 Å². The molecule has 5 nitrogen and oxygen atoms in total. The fourth-order valence-electron chi connectivity index (χ4n) is 0.770. The van der Waals surface area contributed by atoms with Crippen molar-refractivity contribution >= 4 is 5.91 Å². The molecule has 0 aliphatic carbocycles. The molecule has 13 heavy (non-hydrogen) atoms. The molecule has 1 aromatic heterocycles. The quantitative estimate of drug-likeness (QED) is 0.713. The molecule has 1 aromatic rings. The number of aromatic nitrogens is 1. The van der Waals surface area contributed by atoms with Gasteiger partial charge in [0.2, 0.25) is 0 Å².